The van der Waals surface area contributed by atoms with Gasteiger partial charge in [0, 0.05) is 26.6 Å². The first-order valence-electron chi connectivity index (χ1n) is 9.86. The van der Waals surface area contributed by atoms with Crippen molar-refractivity contribution >= 4 is 35.8 Å². The lowest BCUT2D eigenvalue weighted by Gasteiger charge is -2.31. The van der Waals surface area contributed by atoms with Crippen molar-refractivity contribution in [1.82, 2.24) is 15.5 Å². The number of piperidine rings is 1. The maximum Gasteiger partial charge on any atom is 0.221 e. The van der Waals surface area contributed by atoms with E-state index in [0.717, 1.165) is 70.1 Å². The second-order valence-corrected chi connectivity index (χ2v) is 7.33. The number of nitrogens with zero attached hydrogens (tertiary/aromatic N) is 2. The van der Waals surface area contributed by atoms with Crippen molar-refractivity contribution < 1.29 is 9.53 Å². The van der Waals surface area contributed by atoms with E-state index in [1.165, 1.54) is 5.56 Å². The summed E-state index contributed by atoms with van der Waals surface area (Å²) in [7, 11) is 1.78. The SMILES string of the molecule is CN=C(NCCCN1CCCC(C(N)=O)C1)NCC1Cc2ccccc2O1.I. The molecule has 0 radical (unpaired) electrons. The van der Waals surface area contributed by atoms with Gasteiger partial charge in [-0.25, -0.2) is 0 Å². The Hall–Kier alpha value is -1.55. The van der Waals surface area contributed by atoms with E-state index in [-0.39, 0.29) is 41.9 Å². The van der Waals surface area contributed by atoms with Gasteiger partial charge in [-0.05, 0) is 44.0 Å². The number of aliphatic imine (C=N–C) groups is 1. The Morgan fingerprint density at radius 2 is 2.18 bits per heavy atom. The summed E-state index contributed by atoms with van der Waals surface area (Å²) in [6.45, 7) is 4.37. The zero-order chi connectivity index (χ0) is 19.1. The van der Waals surface area contributed by atoms with Gasteiger partial charge in [0.2, 0.25) is 5.91 Å². The summed E-state index contributed by atoms with van der Waals surface area (Å²) in [5.41, 5.74) is 6.71. The number of hydrogen-bond acceptors (Lipinski definition) is 4. The first-order valence-corrected chi connectivity index (χ1v) is 9.86. The zero-order valence-electron chi connectivity index (χ0n) is 16.5. The highest BCUT2D eigenvalue weighted by Gasteiger charge is 2.24. The molecule has 0 aliphatic carbocycles. The monoisotopic (exact) mass is 501 g/mol. The van der Waals surface area contributed by atoms with Crippen molar-refractivity contribution in [3.05, 3.63) is 29.8 Å². The molecule has 1 fully saturated rings. The highest BCUT2D eigenvalue weighted by molar-refractivity contribution is 14.0. The number of nitrogens with one attached hydrogen (secondary N) is 2. The fourth-order valence-electron chi connectivity index (χ4n) is 3.80. The molecule has 28 heavy (non-hydrogen) atoms. The van der Waals surface area contributed by atoms with Gasteiger partial charge in [-0.3, -0.25) is 9.79 Å². The Kier molecular flexibility index (Phi) is 9.30. The molecule has 1 aromatic rings. The number of primary amides is 1. The van der Waals surface area contributed by atoms with Crippen molar-refractivity contribution in [2.75, 3.05) is 39.8 Å². The van der Waals surface area contributed by atoms with Gasteiger partial charge in [0.1, 0.15) is 11.9 Å². The third-order valence-electron chi connectivity index (χ3n) is 5.29. The molecule has 4 N–H and O–H groups in total. The number of halogens is 1. The van der Waals surface area contributed by atoms with Crippen LogP contribution in [0, 0.1) is 5.92 Å². The Balaban J connectivity index is 0.00000280. The summed E-state index contributed by atoms with van der Waals surface area (Å²) in [6, 6.07) is 8.19. The van der Waals surface area contributed by atoms with Crippen LogP contribution in [-0.4, -0.2) is 62.6 Å². The van der Waals surface area contributed by atoms with Crippen LogP contribution >= 0.6 is 24.0 Å². The first-order chi connectivity index (χ1) is 13.2. The lowest BCUT2D eigenvalue weighted by Crippen LogP contribution is -2.44. The molecule has 1 amide bonds. The standard InChI is InChI=1S/C20H31N5O2.HI/c1-22-20(24-13-17-12-15-6-2-3-8-18(15)27-17)23-9-5-11-25-10-4-7-16(14-25)19(21)26;/h2-3,6,8,16-17H,4-5,7,9-14H2,1H3,(H2,21,26)(H2,22,23,24);1H. The molecule has 0 saturated carbocycles. The average Bonchev–Trinajstić information content (AvgIpc) is 3.10. The van der Waals surface area contributed by atoms with E-state index in [9.17, 15) is 4.79 Å². The fourth-order valence-corrected chi connectivity index (χ4v) is 3.80. The minimum atomic E-state index is -0.168. The second-order valence-electron chi connectivity index (χ2n) is 7.33. The molecule has 8 heteroatoms. The van der Waals surface area contributed by atoms with Gasteiger partial charge in [0.15, 0.2) is 5.96 Å². The van der Waals surface area contributed by atoms with E-state index in [1.807, 2.05) is 18.2 Å². The maximum absolute atomic E-state index is 11.4. The summed E-state index contributed by atoms with van der Waals surface area (Å²) in [5.74, 6) is 1.63. The van der Waals surface area contributed by atoms with Gasteiger partial charge in [0.25, 0.3) is 0 Å². The molecule has 3 rings (SSSR count). The van der Waals surface area contributed by atoms with Crippen LogP contribution < -0.4 is 21.1 Å². The molecular formula is C20H32IN5O2. The predicted molar refractivity (Wildman–Crippen MR) is 122 cm³/mol. The number of likely N-dealkylation sites (tertiary alicyclic amines) is 1. The lowest BCUT2D eigenvalue weighted by atomic mass is 9.97. The number of benzene rings is 1. The molecule has 2 heterocycles. The number of hydrogen-bond donors (Lipinski definition) is 3. The smallest absolute Gasteiger partial charge is 0.221 e. The Bertz CT molecular complexity index is 645. The quantitative estimate of drug-likeness (QED) is 0.227. The molecule has 7 nitrogen and oxygen atoms in total. The molecule has 0 aromatic heterocycles. The number of para-hydroxylation sites is 1. The molecular weight excluding hydrogens is 469 g/mol. The summed E-state index contributed by atoms with van der Waals surface area (Å²) in [6.07, 6.45) is 4.04. The van der Waals surface area contributed by atoms with E-state index < -0.39 is 0 Å². The fraction of sp³-hybridized carbons (Fsp3) is 0.600. The molecule has 2 aliphatic rings. The lowest BCUT2D eigenvalue weighted by molar-refractivity contribution is -0.123. The van der Waals surface area contributed by atoms with E-state index in [0.29, 0.717) is 0 Å². The van der Waals surface area contributed by atoms with Gasteiger partial charge in [0.05, 0.1) is 12.5 Å². The average molecular weight is 501 g/mol. The summed E-state index contributed by atoms with van der Waals surface area (Å²) in [4.78, 5) is 18.0. The van der Waals surface area contributed by atoms with Crippen LogP contribution in [0.25, 0.3) is 0 Å². The minimum Gasteiger partial charge on any atom is -0.488 e. The van der Waals surface area contributed by atoms with Gasteiger partial charge < -0.3 is 26.0 Å². The summed E-state index contributed by atoms with van der Waals surface area (Å²) < 4.78 is 5.95. The second kappa shape index (κ2) is 11.5. The molecule has 0 spiro atoms. The van der Waals surface area contributed by atoms with Gasteiger partial charge in [-0.15, -0.1) is 24.0 Å². The number of ether oxygens (including phenoxy) is 1. The molecule has 156 valence electrons. The number of nitrogens with two attached hydrogens (primary N) is 1. The maximum atomic E-state index is 11.4. The van der Waals surface area contributed by atoms with E-state index in [2.05, 4.69) is 26.6 Å². The van der Waals surface area contributed by atoms with Crippen LogP contribution in [0.3, 0.4) is 0 Å². The molecule has 2 unspecified atom stereocenters. The van der Waals surface area contributed by atoms with Crippen LogP contribution in [0.2, 0.25) is 0 Å². The number of amides is 1. The van der Waals surface area contributed by atoms with Crippen LogP contribution in [-0.2, 0) is 11.2 Å². The Morgan fingerprint density at radius 1 is 1.36 bits per heavy atom. The number of guanidine groups is 1. The summed E-state index contributed by atoms with van der Waals surface area (Å²) in [5, 5.41) is 6.70. The molecule has 0 bridgehead atoms. The third kappa shape index (κ3) is 6.51. The topological polar surface area (TPSA) is 92.0 Å². The molecule has 1 aromatic carbocycles. The normalized spacial score (nSPS) is 22.0. The van der Waals surface area contributed by atoms with Crippen molar-refractivity contribution in [3.63, 3.8) is 0 Å². The molecule has 2 atom stereocenters. The third-order valence-corrected chi connectivity index (χ3v) is 5.29. The Morgan fingerprint density at radius 3 is 2.93 bits per heavy atom. The number of rotatable bonds is 7. The van der Waals surface area contributed by atoms with E-state index >= 15 is 0 Å². The Labute approximate surface area is 184 Å². The van der Waals surface area contributed by atoms with Gasteiger partial charge in [-0.1, -0.05) is 18.2 Å². The van der Waals surface area contributed by atoms with Gasteiger partial charge in [-0.2, -0.15) is 0 Å². The van der Waals surface area contributed by atoms with Crippen molar-refractivity contribution in [2.24, 2.45) is 16.6 Å². The highest BCUT2D eigenvalue weighted by atomic mass is 127. The van der Waals surface area contributed by atoms with E-state index in [1.54, 1.807) is 7.05 Å². The van der Waals surface area contributed by atoms with Crippen LogP contribution in [0.15, 0.2) is 29.3 Å². The predicted octanol–water partition coefficient (Wildman–Crippen LogP) is 1.36. The first kappa shape index (κ1) is 22.7. The van der Waals surface area contributed by atoms with E-state index in [4.69, 9.17) is 10.5 Å². The van der Waals surface area contributed by atoms with Crippen LogP contribution in [0.5, 0.6) is 5.75 Å². The zero-order valence-corrected chi connectivity index (χ0v) is 18.9. The number of carbonyl (C=O) groups excluding carboxylic acids is 1. The van der Waals surface area contributed by atoms with Crippen molar-refractivity contribution in [3.8, 4) is 5.75 Å². The highest BCUT2D eigenvalue weighted by Crippen LogP contribution is 2.27. The van der Waals surface area contributed by atoms with Gasteiger partial charge >= 0.3 is 0 Å². The summed E-state index contributed by atoms with van der Waals surface area (Å²) >= 11 is 0. The van der Waals surface area contributed by atoms with Crippen LogP contribution in [0.1, 0.15) is 24.8 Å². The van der Waals surface area contributed by atoms with Crippen LogP contribution in [0.4, 0.5) is 0 Å². The number of fused-ring (bicyclic) bond motifs is 1. The largest absolute Gasteiger partial charge is 0.488 e. The minimum absolute atomic E-state index is 0. The molecule has 1 saturated heterocycles. The number of carbonyl (C=O) groups is 1. The van der Waals surface area contributed by atoms with Crippen molar-refractivity contribution in [1.29, 1.82) is 0 Å². The van der Waals surface area contributed by atoms with Crippen molar-refractivity contribution in [2.45, 2.75) is 31.8 Å². The molecule has 2 aliphatic heterocycles.